The van der Waals surface area contributed by atoms with Crippen molar-refractivity contribution in [3.05, 3.63) is 35.9 Å². The molecule has 1 saturated carbocycles. The molecule has 3 unspecified atom stereocenters. The minimum Gasteiger partial charge on any atom is -0.388 e. The summed E-state index contributed by atoms with van der Waals surface area (Å²) in [6.45, 7) is 0.320. The number of nitrogens with zero attached hydrogens (tertiary/aromatic N) is 1. The van der Waals surface area contributed by atoms with Gasteiger partial charge in [-0.2, -0.15) is 0 Å². The smallest absolute Gasteiger partial charge is 0.233 e. The fourth-order valence-corrected chi connectivity index (χ4v) is 3.37. The van der Waals surface area contributed by atoms with Crippen LogP contribution < -0.4 is 0 Å². The zero-order valence-corrected chi connectivity index (χ0v) is 11.4. The van der Waals surface area contributed by atoms with Crippen molar-refractivity contribution in [2.24, 2.45) is 11.8 Å². The van der Waals surface area contributed by atoms with E-state index in [9.17, 15) is 14.7 Å². The highest BCUT2D eigenvalue weighted by Crippen LogP contribution is 2.39. The summed E-state index contributed by atoms with van der Waals surface area (Å²) in [4.78, 5) is 25.7. The van der Waals surface area contributed by atoms with Crippen molar-refractivity contribution < 1.29 is 14.7 Å². The Morgan fingerprint density at radius 2 is 1.70 bits per heavy atom. The van der Waals surface area contributed by atoms with Gasteiger partial charge in [0.25, 0.3) is 0 Å². The third kappa shape index (κ3) is 2.24. The summed E-state index contributed by atoms with van der Waals surface area (Å²) in [5.41, 5.74) is 0.826. The summed E-state index contributed by atoms with van der Waals surface area (Å²) >= 11 is 0. The van der Waals surface area contributed by atoms with Gasteiger partial charge in [-0.25, -0.2) is 0 Å². The van der Waals surface area contributed by atoms with Crippen LogP contribution in [0.4, 0.5) is 0 Å². The molecule has 2 aliphatic rings. The van der Waals surface area contributed by atoms with E-state index >= 15 is 0 Å². The minimum absolute atomic E-state index is 0.0299. The quantitative estimate of drug-likeness (QED) is 0.852. The number of carbonyl (C=O) groups excluding carboxylic acids is 2. The molecule has 1 aliphatic heterocycles. The Kier molecular flexibility index (Phi) is 3.57. The van der Waals surface area contributed by atoms with Crippen LogP contribution in [0.1, 0.15) is 37.4 Å². The van der Waals surface area contributed by atoms with Crippen molar-refractivity contribution in [2.45, 2.75) is 31.8 Å². The van der Waals surface area contributed by atoms with Gasteiger partial charge in [0.2, 0.25) is 11.8 Å². The zero-order chi connectivity index (χ0) is 14.1. The lowest BCUT2D eigenvalue weighted by atomic mass is 10.00. The molecular weight excluding hydrogens is 254 g/mol. The molecule has 0 radical (unpaired) electrons. The molecule has 1 aromatic rings. The third-order valence-electron chi connectivity index (χ3n) is 4.49. The van der Waals surface area contributed by atoms with Gasteiger partial charge in [-0.05, 0) is 24.8 Å². The Morgan fingerprint density at radius 1 is 1.10 bits per heavy atom. The van der Waals surface area contributed by atoms with Crippen LogP contribution >= 0.6 is 0 Å². The number of amides is 2. The van der Waals surface area contributed by atoms with E-state index in [4.69, 9.17) is 0 Å². The van der Waals surface area contributed by atoms with E-state index in [1.807, 2.05) is 30.3 Å². The molecule has 1 aliphatic carbocycles. The van der Waals surface area contributed by atoms with Crippen molar-refractivity contribution >= 4 is 11.8 Å². The SMILES string of the molecule is O=C1C2CCCC2C(=O)N1CCC(O)c1ccccc1. The van der Waals surface area contributed by atoms with Gasteiger partial charge < -0.3 is 5.11 Å². The highest BCUT2D eigenvalue weighted by Gasteiger charge is 2.49. The average molecular weight is 273 g/mol. The zero-order valence-electron chi connectivity index (χ0n) is 11.4. The molecule has 1 aromatic carbocycles. The molecule has 0 aromatic heterocycles. The first-order chi connectivity index (χ1) is 9.68. The second-order valence-corrected chi connectivity index (χ2v) is 5.69. The number of hydrogen-bond acceptors (Lipinski definition) is 3. The third-order valence-corrected chi connectivity index (χ3v) is 4.49. The van der Waals surface area contributed by atoms with Gasteiger partial charge in [0.15, 0.2) is 0 Å². The molecule has 4 nitrogen and oxygen atoms in total. The molecule has 2 amide bonds. The maximum Gasteiger partial charge on any atom is 0.233 e. The van der Waals surface area contributed by atoms with E-state index in [0.29, 0.717) is 13.0 Å². The van der Waals surface area contributed by atoms with Crippen LogP contribution in [0.3, 0.4) is 0 Å². The van der Waals surface area contributed by atoms with Crippen molar-refractivity contribution in [1.29, 1.82) is 0 Å². The van der Waals surface area contributed by atoms with Crippen LogP contribution in [-0.4, -0.2) is 28.4 Å². The Hall–Kier alpha value is -1.68. The lowest BCUT2D eigenvalue weighted by Gasteiger charge is -2.18. The summed E-state index contributed by atoms with van der Waals surface area (Å²) in [7, 11) is 0. The van der Waals surface area contributed by atoms with E-state index in [1.165, 1.54) is 4.90 Å². The van der Waals surface area contributed by atoms with Crippen molar-refractivity contribution in [2.75, 3.05) is 6.54 Å². The maximum atomic E-state index is 12.2. The first-order valence-electron chi connectivity index (χ1n) is 7.26. The van der Waals surface area contributed by atoms with Gasteiger partial charge in [-0.15, -0.1) is 0 Å². The summed E-state index contributed by atoms with van der Waals surface area (Å²) in [6.07, 6.45) is 2.44. The molecule has 20 heavy (non-hydrogen) atoms. The van der Waals surface area contributed by atoms with Crippen molar-refractivity contribution in [3.63, 3.8) is 0 Å². The number of aliphatic hydroxyl groups excluding tert-OH is 1. The number of carbonyl (C=O) groups is 2. The van der Waals surface area contributed by atoms with Gasteiger partial charge in [0.05, 0.1) is 17.9 Å². The van der Waals surface area contributed by atoms with Gasteiger partial charge >= 0.3 is 0 Å². The standard InChI is InChI=1S/C16H19NO3/c18-14(11-5-2-1-3-6-11)9-10-17-15(19)12-7-4-8-13(12)16(17)20/h1-3,5-6,12-14,18H,4,7-10H2. The molecule has 1 saturated heterocycles. The maximum absolute atomic E-state index is 12.2. The fraction of sp³-hybridized carbons (Fsp3) is 0.500. The number of rotatable bonds is 4. The van der Waals surface area contributed by atoms with Crippen LogP contribution in [0.5, 0.6) is 0 Å². The summed E-state index contributed by atoms with van der Waals surface area (Å²) in [5, 5.41) is 10.1. The molecule has 1 heterocycles. The predicted molar refractivity (Wildman–Crippen MR) is 73.6 cm³/mol. The number of aliphatic hydroxyl groups is 1. The Bertz CT molecular complexity index is 492. The highest BCUT2D eigenvalue weighted by atomic mass is 16.3. The largest absolute Gasteiger partial charge is 0.388 e. The van der Waals surface area contributed by atoms with Crippen LogP contribution in [0.2, 0.25) is 0 Å². The van der Waals surface area contributed by atoms with Crippen molar-refractivity contribution in [3.8, 4) is 0 Å². The molecule has 4 heteroatoms. The fourth-order valence-electron chi connectivity index (χ4n) is 3.37. The molecule has 2 fully saturated rings. The van der Waals surface area contributed by atoms with E-state index < -0.39 is 6.10 Å². The first-order valence-corrected chi connectivity index (χ1v) is 7.26. The molecule has 3 rings (SSSR count). The first kappa shape index (κ1) is 13.3. The lowest BCUT2D eigenvalue weighted by molar-refractivity contribution is -0.140. The van der Waals surface area contributed by atoms with Gasteiger partial charge in [-0.1, -0.05) is 36.8 Å². The number of hydrogen-bond donors (Lipinski definition) is 1. The molecule has 106 valence electrons. The topological polar surface area (TPSA) is 57.6 Å². The molecule has 0 spiro atoms. The Labute approximate surface area is 118 Å². The predicted octanol–water partition coefficient (Wildman–Crippen LogP) is 1.90. The van der Waals surface area contributed by atoms with Crippen LogP contribution in [0.25, 0.3) is 0 Å². The number of benzene rings is 1. The monoisotopic (exact) mass is 273 g/mol. The number of fused-ring (bicyclic) bond motifs is 1. The Balaban J connectivity index is 1.62. The minimum atomic E-state index is -0.628. The van der Waals surface area contributed by atoms with E-state index in [2.05, 4.69) is 0 Å². The van der Waals surface area contributed by atoms with Crippen LogP contribution in [-0.2, 0) is 9.59 Å². The molecule has 3 atom stereocenters. The van der Waals surface area contributed by atoms with Gasteiger partial charge in [0, 0.05) is 6.54 Å². The number of likely N-dealkylation sites (tertiary alicyclic amines) is 1. The lowest BCUT2D eigenvalue weighted by Crippen LogP contribution is -2.33. The van der Waals surface area contributed by atoms with Crippen LogP contribution in [0, 0.1) is 11.8 Å². The van der Waals surface area contributed by atoms with Gasteiger partial charge in [0.1, 0.15) is 0 Å². The number of imide groups is 1. The van der Waals surface area contributed by atoms with Crippen LogP contribution in [0.15, 0.2) is 30.3 Å². The molecule has 1 N–H and O–H groups in total. The summed E-state index contributed by atoms with van der Waals surface area (Å²) in [6, 6.07) is 9.34. The highest BCUT2D eigenvalue weighted by molar-refractivity contribution is 6.05. The van der Waals surface area contributed by atoms with Crippen molar-refractivity contribution in [1.82, 2.24) is 4.90 Å². The van der Waals surface area contributed by atoms with E-state index in [1.54, 1.807) is 0 Å². The summed E-state index contributed by atoms with van der Waals surface area (Å²) in [5.74, 6) is -0.233. The van der Waals surface area contributed by atoms with E-state index in [-0.39, 0.29) is 23.7 Å². The molecular formula is C16H19NO3. The molecule has 0 bridgehead atoms. The average Bonchev–Trinajstić information content (AvgIpc) is 3.03. The Morgan fingerprint density at radius 3 is 2.30 bits per heavy atom. The second kappa shape index (κ2) is 5.37. The normalized spacial score (nSPS) is 26.9. The second-order valence-electron chi connectivity index (χ2n) is 5.69. The van der Waals surface area contributed by atoms with Gasteiger partial charge in [-0.3, -0.25) is 14.5 Å². The van der Waals surface area contributed by atoms with E-state index in [0.717, 1.165) is 24.8 Å². The summed E-state index contributed by atoms with van der Waals surface area (Å²) < 4.78 is 0.